The van der Waals surface area contributed by atoms with Gasteiger partial charge in [0, 0.05) is 32.7 Å². The van der Waals surface area contributed by atoms with Gasteiger partial charge in [-0.15, -0.1) is 0 Å². The number of aryl methyl sites for hydroxylation is 1. The molecule has 3 atom stereocenters. The molecule has 1 heterocycles. The van der Waals surface area contributed by atoms with E-state index < -0.39 is 0 Å². The highest BCUT2D eigenvalue weighted by molar-refractivity contribution is 5.85. The molecule has 0 spiro atoms. The summed E-state index contributed by atoms with van der Waals surface area (Å²) in [6, 6.07) is 16.9. The van der Waals surface area contributed by atoms with Gasteiger partial charge in [-0.25, -0.2) is 4.79 Å². The van der Waals surface area contributed by atoms with Crippen LogP contribution in [0.5, 0.6) is 0 Å². The summed E-state index contributed by atoms with van der Waals surface area (Å²) in [5.41, 5.74) is 4.82. The van der Waals surface area contributed by atoms with E-state index in [1.807, 2.05) is 11.8 Å². The number of amides is 3. The van der Waals surface area contributed by atoms with Crippen molar-refractivity contribution in [2.45, 2.75) is 45.2 Å². The predicted octanol–water partition coefficient (Wildman–Crippen LogP) is 4.04. The summed E-state index contributed by atoms with van der Waals surface area (Å²) in [5, 5.41) is 2.81. The first-order valence-corrected chi connectivity index (χ1v) is 11.3. The molecule has 6 nitrogen and oxygen atoms in total. The lowest BCUT2D eigenvalue weighted by atomic mass is 9.75. The fourth-order valence-electron chi connectivity index (χ4n) is 4.58. The first-order valence-electron chi connectivity index (χ1n) is 11.3. The van der Waals surface area contributed by atoms with Crippen LogP contribution in [0.2, 0.25) is 0 Å². The number of ether oxygens (including phenoxy) is 1. The molecule has 0 aliphatic carbocycles. The van der Waals surface area contributed by atoms with Crippen molar-refractivity contribution in [3.05, 3.63) is 59.7 Å². The van der Waals surface area contributed by atoms with Crippen LogP contribution in [0.15, 0.2) is 48.5 Å². The fourth-order valence-corrected chi connectivity index (χ4v) is 4.58. The molecule has 3 rings (SSSR count). The van der Waals surface area contributed by atoms with E-state index >= 15 is 0 Å². The van der Waals surface area contributed by atoms with Crippen LogP contribution in [0, 0.1) is 6.92 Å². The van der Waals surface area contributed by atoms with E-state index in [0.717, 1.165) is 6.42 Å². The van der Waals surface area contributed by atoms with E-state index in [1.54, 1.807) is 14.2 Å². The van der Waals surface area contributed by atoms with Crippen LogP contribution in [0.4, 0.5) is 4.79 Å². The molecule has 172 valence electrons. The van der Waals surface area contributed by atoms with E-state index in [2.05, 4.69) is 67.7 Å². The number of benzene rings is 2. The molecule has 0 saturated carbocycles. The molecule has 0 bridgehead atoms. The van der Waals surface area contributed by atoms with E-state index in [0.29, 0.717) is 13.2 Å². The molecule has 1 fully saturated rings. The topological polar surface area (TPSA) is 61.9 Å². The maximum absolute atomic E-state index is 13.0. The van der Waals surface area contributed by atoms with E-state index in [-0.39, 0.29) is 36.5 Å². The van der Waals surface area contributed by atoms with Gasteiger partial charge in [0.15, 0.2) is 0 Å². The Morgan fingerprint density at radius 3 is 2.47 bits per heavy atom. The molecule has 2 aromatic rings. The fraction of sp³-hybridized carbons (Fsp3) is 0.462. The second kappa shape index (κ2) is 10.6. The Morgan fingerprint density at radius 1 is 1.12 bits per heavy atom. The SMILES string of the molecule is CCCNC(=O)N(C)CC(=O)N1[C@H](COC)[C@@H](c2ccc(-c3cccc(C)c3)cc2)[C@@H]1C. The smallest absolute Gasteiger partial charge is 0.317 e. The molecular formula is C26H35N3O3. The molecule has 0 aromatic heterocycles. The van der Waals surface area contributed by atoms with Crippen LogP contribution < -0.4 is 5.32 Å². The van der Waals surface area contributed by atoms with Gasteiger partial charge in [0.25, 0.3) is 0 Å². The Balaban J connectivity index is 1.70. The second-order valence-electron chi connectivity index (χ2n) is 8.67. The van der Waals surface area contributed by atoms with Crippen LogP contribution >= 0.6 is 0 Å². The van der Waals surface area contributed by atoms with E-state index in [4.69, 9.17) is 4.74 Å². The largest absolute Gasteiger partial charge is 0.383 e. The van der Waals surface area contributed by atoms with Gasteiger partial charge in [0.05, 0.1) is 12.6 Å². The standard InChI is InChI=1S/C26H35N3O3/c1-6-14-27-26(31)28(4)16-24(30)29-19(3)25(23(29)17-32-5)21-12-10-20(11-13-21)22-9-7-8-18(2)15-22/h7-13,15,19,23,25H,6,14,16-17H2,1-5H3,(H,27,31)/t19-,23+,25+/m0/s1. The number of nitrogens with zero attached hydrogens (tertiary/aromatic N) is 2. The highest BCUT2D eigenvalue weighted by Gasteiger charge is 2.49. The Labute approximate surface area is 191 Å². The molecule has 1 aliphatic rings. The number of hydrogen-bond donors (Lipinski definition) is 1. The summed E-state index contributed by atoms with van der Waals surface area (Å²) >= 11 is 0. The summed E-state index contributed by atoms with van der Waals surface area (Å²) in [6.07, 6.45) is 0.858. The minimum atomic E-state index is -0.222. The zero-order chi connectivity index (χ0) is 23.3. The maximum atomic E-state index is 13.0. The van der Waals surface area contributed by atoms with Crippen molar-refractivity contribution in [2.24, 2.45) is 0 Å². The highest BCUT2D eigenvalue weighted by atomic mass is 16.5. The van der Waals surface area contributed by atoms with Crippen molar-refractivity contribution in [1.29, 1.82) is 0 Å². The van der Waals surface area contributed by atoms with Gasteiger partial charge in [0.1, 0.15) is 6.54 Å². The normalized spacial score (nSPS) is 19.9. The molecule has 1 saturated heterocycles. The maximum Gasteiger partial charge on any atom is 0.317 e. The van der Waals surface area contributed by atoms with Crippen LogP contribution in [0.25, 0.3) is 11.1 Å². The van der Waals surface area contributed by atoms with E-state index in [9.17, 15) is 9.59 Å². The molecule has 32 heavy (non-hydrogen) atoms. The summed E-state index contributed by atoms with van der Waals surface area (Å²) in [7, 11) is 3.31. The Hall–Kier alpha value is -2.86. The minimum absolute atomic E-state index is 0.0413. The lowest BCUT2D eigenvalue weighted by Gasteiger charge is -2.54. The Bertz CT molecular complexity index is 928. The number of likely N-dealkylation sites (N-methyl/N-ethyl adjacent to an activating group) is 1. The summed E-state index contributed by atoms with van der Waals surface area (Å²) in [5.74, 6) is 0.144. The number of urea groups is 1. The van der Waals surface area contributed by atoms with Gasteiger partial charge in [-0.05, 0) is 37.0 Å². The lowest BCUT2D eigenvalue weighted by molar-refractivity contribution is -0.150. The van der Waals surface area contributed by atoms with Crippen molar-refractivity contribution >= 4 is 11.9 Å². The summed E-state index contributed by atoms with van der Waals surface area (Å²) in [4.78, 5) is 28.4. The van der Waals surface area contributed by atoms with Gasteiger partial charge in [0.2, 0.25) is 5.91 Å². The molecule has 1 aliphatic heterocycles. The first-order chi connectivity index (χ1) is 15.4. The third-order valence-electron chi connectivity index (χ3n) is 6.25. The first kappa shape index (κ1) is 23.8. The van der Waals surface area contributed by atoms with Crippen LogP contribution in [0.1, 0.15) is 37.3 Å². The summed E-state index contributed by atoms with van der Waals surface area (Å²) in [6.45, 7) is 7.28. The number of hydrogen-bond acceptors (Lipinski definition) is 3. The van der Waals surface area contributed by atoms with Gasteiger partial charge < -0.3 is 19.9 Å². The number of nitrogens with one attached hydrogen (secondary N) is 1. The van der Waals surface area contributed by atoms with Crippen molar-refractivity contribution in [3.63, 3.8) is 0 Å². The van der Waals surface area contributed by atoms with Crippen LogP contribution in [0.3, 0.4) is 0 Å². The quantitative estimate of drug-likeness (QED) is 0.678. The molecule has 1 N–H and O–H groups in total. The number of carbonyl (C=O) groups excluding carboxylic acids is 2. The lowest BCUT2D eigenvalue weighted by Crippen LogP contribution is -2.66. The van der Waals surface area contributed by atoms with Gasteiger partial charge >= 0.3 is 6.03 Å². The molecular weight excluding hydrogens is 402 g/mol. The Morgan fingerprint density at radius 2 is 1.84 bits per heavy atom. The number of rotatable bonds is 8. The molecule has 0 radical (unpaired) electrons. The monoisotopic (exact) mass is 437 g/mol. The van der Waals surface area contributed by atoms with Crippen LogP contribution in [-0.4, -0.2) is 67.7 Å². The molecule has 3 amide bonds. The third kappa shape index (κ3) is 5.13. The number of methoxy groups -OCH3 is 1. The summed E-state index contributed by atoms with van der Waals surface area (Å²) < 4.78 is 5.45. The van der Waals surface area contributed by atoms with Gasteiger partial charge in [-0.3, -0.25) is 4.79 Å². The van der Waals surface area contributed by atoms with Crippen molar-refractivity contribution in [2.75, 3.05) is 33.9 Å². The molecule has 2 aromatic carbocycles. The average molecular weight is 438 g/mol. The highest BCUT2D eigenvalue weighted by Crippen LogP contribution is 2.41. The van der Waals surface area contributed by atoms with Gasteiger partial charge in [-0.1, -0.05) is 61.0 Å². The zero-order valence-corrected chi connectivity index (χ0v) is 19.8. The third-order valence-corrected chi connectivity index (χ3v) is 6.25. The van der Waals surface area contributed by atoms with E-state index in [1.165, 1.54) is 27.2 Å². The number of carbonyl (C=O) groups is 2. The van der Waals surface area contributed by atoms with Crippen molar-refractivity contribution in [1.82, 2.24) is 15.1 Å². The zero-order valence-electron chi connectivity index (χ0n) is 19.8. The van der Waals surface area contributed by atoms with Crippen LogP contribution in [-0.2, 0) is 9.53 Å². The second-order valence-corrected chi connectivity index (χ2v) is 8.67. The predicted molar refractivity (Wildman–Crippen MR) is 128 cm³/mol. The molecule has 6 heteroatoms. The van der Waals surface area contributed by atoms with Crippen molar-refractivity contribution in [3.8, 4) is 11.1 Å². The average Bonchev–Trinajstić information content (AvgIpc) is 2.77. The van der Waals surface area contributed by atoms with Crippen molar-refractivity contribution < 1.29 is 14.3 Å². The number of likely N-dealkylation sites (tertiary alicyclic amines) is 1. The molecule has 0 unspecified atom stereocenters. The Kier molecular flexibility index (Phi) is 7.91. The van der Waals surface area contributed by atoms with Gasteiger partial charge in [-0.2, -0.15) is 0 Å². The minimum Gasteiger partial charge on any atom is -0.383 e.